The molecule has 3 aromatic rings. The largest absolute Gasteiger partial charge is 0.350 e. The summed E-state index contributed by atoms with van der Waals surface area (Å²) in [5.74, 6) is -1.53. The quantitative estimate of drug-likeness (QED) is 0.523. The van der Waals surface area contributed by atoms with E-state index in [1.165, 1.54) is 28.6 Å². The number of ketones is 1. The second kappa shape index (κ2) is 9.91. The van der Waals surface area contributed by atoms with E-state index in [1.54, 1.807) is 44.2 Å². The van der Waals surface area contributed by atoms with Gasteiger partial charge in [-0.25, -0.2) is 4.39 Å². The number of nitrogens with one attached hydrogen (secondary N) is 1. The number of Topliss-reactive ketones (excluding diaryl/α,β-unsaturated/α-hetero) is 1. The van der Waals surface area contributed by atoms with Crippen molar-refractivity contribution in [1.82, 2.24) is 20.0 Å². The predicted octanol–water partition coefficient (Wildman–Crippen LogP) is 3.58. The average molecular weight is 459 g/mol. The number of hydrogen-bond acceptors (Lipinski definition) is 4. The number of benzene rings is 2. The van der Waals surface area contributed by atoms with Gasteiger partial charge in [0.25, 0.3) is 0 Å². The lowest BCUT2D eigenvalue weighted by Gasteiger charge is -2.26. The maximum Gasteiger partial charge on any atom is 0.245 e. The minimum Gasteiger partial charge on any atom is -0.350 e. The zero-order valence-electron chi connectivity index (χ0n) is 18.1. The number of fused-ring (bicyclic) bond motifs is 1. The molecule has 0 aliphatic heterocycles. The van der Waals surface area contributed by atoms with Crippen molar-refractivity contribution in [3.8, 4) is 0 Å². The van der Waals surface area contributed by atoms with Crippen molar-refractivity contribution in [2.75, 3.05) is 6.54 Å². The number of hydrogen-bond donors (Lipinski definition) is 1. The van der Waals surface area contributed by atoms with Gasteiger partial charge in [-0.05, 0) is 26.0 Å². The number of carbonyl (C=O) groups is 3. The highest BCUT2D eigenvalue weighted by molar-refractivity contribution is 6.30. The molecule has 0 spiro atoms. The molecule has 2 aromatic carbocycles. The number of nitrogens with zero attached hydrogens (tertiary/aromatic N) is 3. The number of halogens is 2. The van der Waals surface area contributed by atoms with Gasteiger partial charge in [0.15, 0.2) is 5.78 Å². The Balaban J connectivity index is 1.71. The Morgan fingerprint density at radius 2 is 1.88 bits per heavy atom. The number of amides is 2. The number of carbonyl (C=O) groups excluding carboxylic acids is 3. The van der Waals surface area contributed by atoms with Gasteiger partial charge in [-0.2, -0.15) is 5.10 Å². The molecule has 2 amide bonds. The molecule has 7 nitrogen and oxygen atoms in total. The average Bonchev–Trinajstić information content (AvgIpc) is 3.11. The van der Waals surface area contributed by atoms with Crippen molar-refractivity contribution in [3.63, 3.8) is 0 Å². The highest BCUT2D eigenvalue weighted by Crippen LogP contribution is 2.20. The summed E-state index contributed by atoms with van der Waals surface area (Å²) in [4.78, 5) is 38.8. The zero-order valence-corrected chi connectivity index (χ0v) is 18.8. The van der Waals surface area contributed by atoms with E-state index in [9.17, 15) is 18.8 Å². The van der Waals surface area contributed by atoms with Crippen LogP contribution >= 0.6 is 11.6 Å². The van der Waals surface area contributed by atoms with Gasteiger partial charge < -0.3 is 10.2 Å². The molecule has 1 aromatic heterocycles. The highest BCUT2D eigenvalue weighted by Gasteiger charge is 2.23. The van der Waals surface area contributed by atoms with Crippen molar-refractivity contribution >= 4 is 40.1 Å². The number of para-hydroxylation sites is 1. The van der Waals surface area contributed by atoms with E-state index >= 15 is 0 Å². The van der Waals surface area contributed by atoms with Crippen LogP contribution in [0.2, 0.25) is 5.02 Å². The molecule has 1 heterocycles. The lowest BCUT2D eigenvalue weighted by atomic mass is 10.2. The SMILES string of the molecule is CC(=O)c1nn(CC(=O)N(CC(=O)NCc2cccc(Cl)c2F)C(C)C)c2ccccc12. The fraction of sp³-hybridized carbons (Fsp3) is 0.304. The molecule has 3 rings (SSSR count). The molecule has 0 unspecified atom stereocenters. The number of rotatable bonds is 8. The third-order valence-corrected chi connectivity index (χ3v) is 5.33. The van der Waals surface area contributed by atoms with Gasteiger partial charge in [0.1, 0.15) is 18.1 Å². The minimum atomic E-state index is -0.585. The Bertz CT molecular complexity index is 1180. The third kappa shape index (κ3) is 5.13. The first-order valence-corrected chi connectivity index (χ1v) is 10.5. The van der Waals surface area contributed by atoms with Crippen molar-refractivity contribution in [2.24, 2.45) is 0 Å². The Labute approximate surface area is 190 Å². The van der Waals surface area contributed by atoms with Crippen molar-refractivity contribution in [2.45, 2.75) is 39.9 Å². The molecule has 0 fully saturated rings. The van der Waals surface area contributed by atoms with Crippen molar-refractivity contribution in [3.05, 3.63) is 64.6 Å². The summed E-state index contributed by atoms with van der Waals surface area (Å²) in [5.41, 5.74) is 1.22. The predicted molar refractivity (Wildman–Crippen MR) is 120 cm³/mol. The van der Waals surface area contributed by atoms with Crippen LogP contribution < -0.4 is 5.32 Å². The maximum absolute atomic E-state index is 14.0. The second-order valence-electron chi connectivity index (χ2n) is 7.68. The first kappa shape index (κ1) is 23.4. The van der Waals surface area contributed by atoms with Gasteiger partial charge in [0, 0.05) is 30.5 Å². The van der Waals surface area contributed by atoms with E-state index in [0.29, 0.717) is 16.6 Å². The summed E-state index contributed by atoms with van der Waals surface area (Å²) in [6.45, 7) is 4.65. The van der Waals surface area contributed by atoms with Crippen LogP contribution in [-0.2, 0) is 22.7 Å². The molecule has 168 valence electrons. The maximum atomic E-state index is 14.0. The fourth-order valence-electron chi connectivity index (χ4n) is 3.38. The highest BCUT2D eigenvalue weighted by atomic mass is 35.5. The molecule has 0 aliphatic carbocycles. The third-order valence-electron chi connectivity index (χ3n) is 5.04. The molecule has 0 radical (unpaired) electrons. The second-order valence-corrected chi connectivity index (χ2v) is 8.09. The van der Waals surface area contributed by atoms with Crippen LogP contribution in [0.4, 0.5) is 4.39 Å². The summed E-state index contributed by atoms with van der Waals surface area (Å²) >= 11 is 5.77. The summed E-state index contributed by atoms with van der Waals surface area (Å²) in [7, 11) is 0. The standard InChI is InChI=1S/C23H24ClFN4O3/c1-14(2)28(12-20(31)26-11-16-7-6-9-18(24)22(16)25)21(32)13-29-19-10-5-4-8-17(19)23(27-29)15(3)30/h4-10,14H,11-13H2,1-3H3,(H,26,31). The Kier molecular flexibility index (Phi) is 7.25. The van der Waals surface area contributed by atoms with Gasteiger partial charge in [-0.1, -0.05) is 41.9 Å². The van der Waals surface area contributed by atoms with Gasteiger partial charge in [0.2, 0.25) is 11.8 Å². The molecule has 0 atom stereocenters. The Morgan fingerprint density at radius 3 is 2.56 bits per heavy atom. The molecular weight excluding hydrogens is 435 g/mol. The molecule has 0 saturated heterocycles. The topological polar surface area (TPSA) is 84.3 Å². The first-order chi connectivity index (χ1) is 15.2. The van der Waals surface area contributed by atoms with Crippen molar-refractivity contribution < 1.29 is 18.8 Å². The summed E-state index contributed by atoms with van der Waals surface area (Å²) in [6.07, 6.45) is 0. The zero-order chi connectivity index (χ0) is 23.4. The normalized spacial score (nSPS) is 11.1. The molecular formula is C23H24ClFN4O3. The first-order valence-electron chi connectivity index (χ1n) is 10.1. The van der Waals surface area contributed by atoms with Crippen LogP contribution in [0.1, 0.15) is 36.8 Å². The van der Waals surface area contributed by atoms with E-state index in [-0.39, 0.29) is 48.0 Å². The lowest BCUT2D eigenvalue weighted by molar-refractivity contribution is -0.138. The summed E-state index contributed by atoms with van der Waals surface area (Å²) < 4.78 is 15.5. The minimum absolute atomic E-state index is 0.0212. The van der Waals surface area contributed by atoms with Gasteiger partial charge in [-0.3, -0.25) is 19.1 Å². The Hall–Kier alpha value is -3.26. The van der Waals surface area contributed by atoms with Crippen LogP contribution in [0, 0.1) is 5.82 Å². The lowest BCUT2D eigenvalue weighted by Crippen LogP contribution is -2.45. The van der Waals surface area contributed by atoms with Crippen LogP contribution in [0.25, 0.3) is 10.9 Å². The monoisotopic (exact) mass is 458 g/mol. The van der Waals surface area contributed by atoms with Crippen LogP contribution in [-0.4, -0.2) is 44.9 Å². The molecule has 0 aliphatic rings. The molecule has 32 heavy (non-hydrogen) atoms. The van der Waals surface area contributed by atoms with Gasteiger partial charge >= 0.3 is 0 Å². The summed E-state index contributed by atoms with van der Waals surface area (Å²) in [5, 5.41) is 7.58. The van der Waals surface area contributed by atoms with Crippen LogP contribution in [0.5, 0.6) is 0 Å². The van der Waals surface area contributed by atoms with E-state index < -0.39 is 11.7 Å². The van der Waals surface area contributed by atoms with Gasteiger partial charge in [0.05, 0.1) is 17.1 Å². The fourth-order valence-corrected chi connectivity index (χ4v) is 3.57. The Morgan fingerprint density at radius 1 is 1.16 bits per heavy atom. The number of aromatic nitrogens is 2. The van der Waals surface area contributed by atoms with E-state index in [4.69, 9.17) is 11.6 Å². The summed E-state index contributed by atoms with van der Waals surface area (Å²) in [6, 6.07) is 11.5. The van der Waals surface area contributed by atoms with E-state index in [0.717, 1.165) is 0 Å². The van der Waals surface area contributed by atoms with Crippen LogP contribution in [0.15, 0.2) is 42.5 Å². The van der Waals surface area contributed by atoms with Crippen LogP contribution in [0.3, 0.4) is 0 Å². The molecule has 9 heteroatoms. The van der Waals surface area contributed by atoms with Gasteiger partial charge in [-0.15, -0.1) is 0 Å². The van der Waals surface area contributed by atoms with E-state index in [2.05, 4.69) is 10.4 Å². The van der Waals surface area contributed by atoms with Crippen molar-refractivity contribution in [1.29, 1.82) is 0 Å². The van der Waals surface area contributed by atoms with E-state index in [1.807, 2.05) is 0 Å². The molecule has 0 bridgehead atoms. The molecule has 0 saturated carbocycles. The smallest absolute Gasteiger partial charge is 0.245 e. The molecule has 1 N–H and O–H groups in total.